The van der Waals surface area contributed by atoms with Crippen LogP contribution in [0.5, 0.6) is 5.75 Å². The van der Waals surface area contributed by atoms with Crippen molar-refractivity contribution in [1.82, 2.24) is 4.98 Å². The number of carbonyl (C=O) groups is 2. The quantitative estimate of drug-likeness (QED) is 0.742. The predicted octanol–water partition coefficient (Wildman–Crippen LogP) is 3.51. The van der Waals surface area contributed by atoms with E-state index < -0.39 is 24.4 Å². The van der Waals surface area contributed by atoms with Crippen LogP contribution in [0, 0.1) is 12.7 Å². The van der Waals surface area contributed by atoms with Gasteiger partial charge in [-0.2, -0.15) is 0 Å². The van der Waals surface area contributed by atoms with E-state index in [4.69, 9.17) is 9.84 Å². The number of ether oxygens (including phenoxy) is 1. The minimum Gasteiger partial charge on any atom is -0.481 e. The minimum absolute atomic E-state index is 0.120. The number of benzene rings is 2. The fourth-order valence-electron chi connectivity index (χ4n) is 3.17. The molecular formula is C19H15FN2O4S. The molecule has 1 aliphatic heterocycles. The van der Waals surface area contributed by atoms with Crippen molar-refractivity contribution >= 4 is 39.1 Å². The van der Waals surface area contributed by atoms with Crippen LogP contribution in [0.4, 0.5) is 10.1 Å². The molecule has 0 saturated heterocycles. The molecule has 138 valence electrons. The largest absolute Gasteiger partial charge is 0.481 e. The maximum Gasteiger partial charge on any atom is 0.307 e. The molecule has 1 amide bonds. The van der Waals surface area contributed by atoms with Crippen LogP contribution in [0.15, 0.2) is 36.4 Å². The SMILES string of the molecule is Cc1cccc2c1N(Cc1nc3cccc(F)c3s1)C(=O)C(CC(=O)O)O2. The lowest BCUT2D eigenvalue weighted by atomic mass is 10.1. The molecular weight excluding hydrogens is 371 g/mol. The lowest BCUT2D eigenvalue weighted by Crippen LogP contribution is -2.46. The number of aliphatic carboxylic acids is 1. The Bertz CT molecular complexity index is 1070. The first kappa shape index (κ1) is 17.4. The standard InChI is InChI=1S/C19H15FN2O4S/c1-10-4-2-7-13-17(10)22(19(25)14(26-13)8-16(23)24)9-15-21-12-6-3-5-11(20)18(12)27-15/h2-7,14H,8-9H2,1H3,(H,23,24). The van der Waals surface area contributed by atoms with Crippen molar-refractivity contribution in [3.63, 3.8) is 0 Å². The highest BCUT2D eigenvalue weighted by molar-refractivity contribution is 7.18. The second kappa shape index (κ2) is 6.62. The Balaban J connectivity index is 1.75. The second-order valence-corrected chi connectivity index (χ2v) is 7.33. The highest BCUT2D eigenvalue weighted by atomic mass is 32.1. The number of para-hydroxylation sites is 1. The first-order valence-electron chi connectivity index (χ1n) is 8.27. The molecule has 8 heteroatoms. The van der Waals surface area contributed by atoms with E-state index in [1.54, 1.807) is 24.3 Å². The zero-order valence-corrected chi connectivity index (χ0v) is 15.1. The molecule has 1 aliphatic rings. The Labute approximate surface area is 157 Å². The van der Waals surface area contributed by atoms with E-state index in [1.807, 2.05) is 13.0 Å². The van der Waals surface area contributed by atoms with Gasteiger partial charge in [0.2, 0.25) is 0 Å². The molecule has 1 unspecified atom stereocenters. The van der Waals surface area contributed by atoms with E-state index in [9.17, 15) is 14.0 Å². The smallest absolute Gasteiger partial charge is 0.307 e. The number of thiazole rings is 1. The van der Waals surface area contributed by atoms with Crippen LogP contribution in [0.1, 0.15) is 17.0 Å². The van der Waals surface area contributed by atoms with Gasteiger partial charge in [-0.3, -0.25) is 14.5 Å². The van der Waals surface area contributed by atoms with Gasteiger partial charge in [-0.15, -0.1) is 11.3 Å². The van der Waals surface area contributed by atoms with Crippen LogP contribution in [0.3, 0.4) is 0 Å². The Morgan fingerprint density at radius 2 is 2.11 bits per heavy atom. The van der Waals surface area contributed by atoms with E-state index >= 15 is 0 Å². The van der Waals surface area contributed by atoms with Crippen LogP contribution >= 0.6 is 11.3 Å². The molecule has 3 aromatic rings. The summed E-state index contributed by atoms with van der Waals surface area (Å²) in [6.07, 6.45) is -1.54. The van der Waals surface area contributed by atoms with E-state index in [1.165, 1.54) is 22.3 Å². The van der Waals surface area contributed by atoms with Crippen molar-refractivity contribution < 1.29 is 23.8 Å². The number of anilines is 1. The van der Waals surface area contributed by atoms with E-state index in [0.29, 0.717) is 26.7 Å². The number of fused-ring (bicyclic) bond motifs is 2. The van der Waals surface area contributed by atoms with Gasteiger partial charge < -0.3 is 9.84 Å². The summed E-state index contributed by atoms with van der Waals surface area (Å²) in [5.41, 5.74) is 1.94. The molecule has 0 spiro atoms. The fourth-order valence-corrected chi connectivity index (χ4v) is 4.13. The first-order chi connectivity index (χ1) is 12.9. The number of carboxylic acid groups (broad SMARTS) is 1. The summed E-state index contributed by atoms with van der Waals surface area (Å²) in [6, 6.07) is 10.0. The summed E-state index contributed by atoms with van der Waals surface area (Å²) in [5.74, 6) is -1.47. The van der Waals surface area contributed by atoms with Crippen LogP contribution in [-0.2, 0) is 16.1 Å². The van der Waals surface area contributed by atoms with Gasteiger partial charge in [0, 0.05) is 0 Å². The lowest BCUT2D eigenvalue weighted by molar-refractivity contribution is -0.142. The molecule has 0 saturated carbocycles. The zero-order valence-electron chi connectivity index (χ0n) is 14.3. The summed E-state index contributed by atoms with van der Waals surface area (Å²) in [7, 11) is 0. The van der Waals surface area contributed by atoms with Gasteiger partial charge in [-0.1, -0.05) is 18.2 Å². The van der Waals surface area contributed by atoms with Crippen molar-refractivity contribution in [1.29, 1.82) is 0 Å². The summed E-state index contributed by atoms with van der Waals surface area (Å²) in [4.78, 5) is 29.9. The predicted molar refractivity (Wildman–Crippen MR) is 98.6 cm³/mol. The van der Waals surface area contributed by atoms with Gasteiger partial charge in [-0.25, -0.2) is 9.37 Å². The maximum atomic E-state index is 14.0. The highest BCUT2D eigenvalue weighted by Gasteiger charge is 2.37. The Morgan fingerprint density at radius 1 is 1.33 bits per heavy atom. The van der Waals surface area contributed by atoms with Crippen molar-refractivity contribution in [2.45, 2.75) is 26.0 Å². The number of nitrogens with zero attached hydrogens (tertiary/aromatic N) is 2. The monoisotopic (exact) mass is 386 g/mol. The molecule has 1 N–H and O–H groups in total. The molecule has 27 heavy (non-hydrogen) atoms. The maximum absolute atomic E-state index is 14.0. The number of carbonyl (C=O) groups excluding carboxylic acids is 1. The molecule has 0 aliphatic carbocycles. The number of rotatable bonds is 4. The van der Waals surface area contributed by atoms with Crippen molar-refractivity contribution in [3.8, 4) is 5.75 Å². The van der Waals surface area contributed by atoms with Gasteiger partial charge in [0.05, 0.1) is 28.9 Å². The number of halogens is 1. The number of hydrogen-bond acceptors (Lipinski definition) is 5. The molecule has 6 nitrogen and oxygen atoms in total. The summed E-state index contributed by atoms with van der Waals surface area (Å²) in [5, 5.41) is 9.65. The third-order valence-electron chi connectivity index (χ3n) is 4.35. The molecule has 2 aromatic carbocycles. The highest BCUT2D eigenvalue weighted by Crippen LogP contribution is 2.39. The van der Waals surface area contributed by atoms with Gasteiger partial charge in [0.25, 0.3) is 5.91 Å². The van der Waals surface area contributed by atoms with Crippen LogP contribution in [0.25, 0.3) is 10.2 Å². The number of aromatic nitrogens is 1. The topological polar surface area (TPSA) is 79.7 Å². The van der Waals surface area contributed by atoms with Crippen LogP contribution in [0.2, 0.25) is 0 Å². The van der Waals surface area contributed by atoms with Crippen LogP contribution in [-0.4, -0.2) is 28.1 Å². The van der Waals surface area contributed by atoms with Crippen molar-refractivity contribution in [2.24, 2.45) is 0 Å². The molecule has 1 aromatic heterocycles. The third kappa shape index (κ3) is 3.12. The number of carboxylic acids is 1. The van der Waals surface area contributed by atoms with Crippen LogP contribution < -0.4 is 9.64 Å². The van der Waals surface area contributed by atoms with Gasteiger partial charge in [-0.05, 0) is 30.7 Å². The van der Waals surface area contributed by atoms with Gasteiger partial charge in [0.15, 0.2) is 6.10 Å². The van der Waals surface area contributed by atoms with Gasteiger partial charge >= 0.3 is 5.97 Å². The number of aryl methyl sites for hydroxylation is 1. The average Bonchev–Trinajstić information content (AvgIpc) is 3.02. The molecule has 2 heterocycles. The zero-order chi connectivity index (χ0) is 19.1. The Hall–Kier alpha value is -3.00. The van der Waals surface area contributed by atoms with Crippen molar-refractivity contribution in [3.05, 3.63) is 52.8 Å². The second-order valence-electron chi connectivity index (χ2n) is 6.25. The van der Waals surface area contributed by atoms with Gasteiger partial charge in [0.1, 0.15) is 16.6 Å². The Morgan fingerprint density at radius 3 is 2.85 bits per heavy atom. The first-order valence-corrected chi connectivity index (χ1v) is 9.09. The molecule has 0 fully saturated rings. The normalized spacial score (nSPS) is 16.3. The summed E-state index contributed by atoms with van der Waals surface area (Å²) in [6.45, 7) is 1.97. The molecule has 4 rings (SSSR count). The lowest BCUT2D eigenvalue weighted by Gasteiger charge is -2.34. The van der Waals surface area contributed by atoms with E-state index in [2.05, 4.69) is 4.98 Å². The third-order valence-corrected chi connectivity index (χ3v) is 5.41. The minimum atomic E-state index is -1.12. The summed E-state index contributed by atoms with van der Waals surface area (Å²) >= 11 is 1.18. The number of amides is 1. The molecule has 1 atom stereocenters. The fraction of sp³-hybridized carbons (Fsp3) is 0.211. The number of hydrogen-bond donors (Lipinski definition) is 1. The van der Waals surface area contributed by atoms with Crippen molar-refractivity contribution in [2.75, 3.05) is 4.90 Å². The molecule has 0 radical (unpaired) electrons. The summed E-state index contributed by atoms with van der Waals surface area (Å²) < 4.78 is 20.0. The van der Waals surface area contributed by atoms with E-state index in [-0.39, 0.29) is 12.4 Å². The Kier molecular flexibility index (Phi) is 4.27. The molecule has 0 bridgehead atoms. The average molecular weight is 386 g/mol. The van der Waals surface area contributed by atoms with E-state index in [0.717, 1.165) is 5.56 Å².